The second-order valence-electron chi connectivity index (χ2n) is 5.52. The van der Waals surface area contributed by atoms with Crippen LogP contribution in [0.1, 0.15) is 5.56 Å². The number of carbonyl (C=O) groups excluding carboxylic acids is 1. The molecule has 1 aromatic heterocycles. The summed E-state index contributed by atoms with van der Waals surface area (Å²) in [6, 6.07) is 6.05. The highest BCUT2D eigenvalue weighted by Crippen LogP contribution is 2.18. The van der Waals surface area contributed by atoms with Crippen LogP contribution in [-0.2, 0) is 11.3 Å². The SMILES string of the molecule is O=C(NCc1cccnc1N1CCOCC1)Nc1ccc(F)cc1F. The van der Waals surface area contributed by atoms with E-state index < -0.39 is 17.7 Å². The van der Waals surface area contributed by atoms with Crippen molar-refractivity contribution in [3.8, 4) is 0 Å². The van der Waals surface area contributed by atoms with Crippen LogP contribution in [-0.4, -0.2) is 37.3 Å². The molecule has 132 valence electrons. The normalized spacial score (nSPS) is 14.2. The first kappa shape index (κ1) is 17.1. The van der Waals surface area contributed by atoms with E-state index in [9.17, 15) is 13.6 Å². The van der Waals surface area contributed by atoms with Gasteiger partial charge in [-0.1, -0.05) is 6.07 Å². The Hall–Kier alpha value is -2.74. The fourth-order valence-electron chi connectivity index (χ4n) is 2.56. The standard InChI is InChI=1S/C17H18F2N4O2/c18-13-3-4-15(14(19)10-13)22-17(24)21-11-12-2-1-5-20-16(12)23-6-8-25-9-7-23/h1-5,10H,6-9,11H2,(H2,21,22,24). The minimum atomic E-state index is -0.828. The molecule has 1 aliphatic heterocycles. The highest BCUT2D eigenvalue weighted by atomic mass is 19.1. The Bertz CT molecular complexity index is 751. The van der Waals surface area contributed by atoms with Gasteiger partial charge in [0.1, 0.15) is 17.5 Å². The summed E-state index contributed by atoms with van der Waals surface area (Å²) in [5.74, 6) is -0.737. The van der Waals surface area contributed by atoms with Crippen molar-refractivity contribution < 1.29 is 18.3 Å². The molecule has 1 fully saturated rings. The van der Waals surface area contributed by atoms with Gasteiger partial charge in [-0.3, -0.25) is 0 Å². The predicted molar refractivity (Wildman–Crippen MR) is 89.5 cm³/mol. The van der Waals surface area contributed by atoms with Crippen LogP contribution < -0.4 is 15.5 Å². The smallest absolute Gasteiger partial charge is 0.319 e. The molecular weight excluding hydrogens is 330 g/mol. The minimum Gasteiger partial charge on any atom is -0.378 e. The molecule has 1 aromatic carbocycles. The van der Waals surface area contributed by atoms with Crippen molar-refractivity contribution in [3.63, 3.8) is 0 Å². The molecule has 2 N–H and O–H groups in total. The topological polar surface area (TPSA) is 66.5 Å². The van der Waals surface area contributed by atoms with E-state index in [2.05, 4.69) is 20.5 Å². The minimum absolute atomic E-state index is 0.0847. The summed E-state index contributed by atoms with van der Waals surface area (Å²) in [6.45, 7) is 2.96. The maximum Gasteiger partial charge on any atom is 0.319 e. The summed E-state index contributed by atoms with van der Waals surface area (Å²) in [7, 11) is 0. The number of rotatable bonds is 4. The number of nitrogens with one attached hydrogen (secondary N) is 2. The van der Waals surface area contributed by atoms with Crippen LogP contribution in [0.2, 0.25) is 0 Å². The molecule has 3 rings (SSSR count). The maximum absolute atomic E-state index is 13.6. The third-order valence-electron chi connectivity index (χ3n) is 3.80. The van der Waals surface area contributed by atoms with Crippen molar-refractivity contribution in [2.45, 2.75) is 6.54 Å². The van der Waals surface area contributed by atoms with E-state index in [0.29, 0.717) is 19.3 Å². The van der Waals surface area contributed by atoms with Crippen molar-refractivity contribution in [2.75, 3.05) is 36.5 Å². The molecule has 2 heterocycles. The molecule has 0 saturated carbocycles. The zero-order valence-electron chi connectivity index (χ0n) is 13.5. The Labute approximate surface area is 143 Å². The number of urea groups is 1. The summed E-state index contributed by atoms with van der Waals surface area (Å²) >= 11 is 0. The average Bonchev–Trinajstić information content (AvgIpc) is 2.63. The lowest BCUT2D eigenvalue weighted by atomic mass is 10.2. The fourth-order valence-corrected chi connectivity index (χ4v) is 2.56. The molecule has 25 heavy (non-hydrogen) atoms. The number of morpholine rings is 1. The second kappa shape index (κ2) is 7.89. The number of hydrogen-bond donors (Lipinski definition) is 2. The Morgan fingerprint density at radius 2 is 2.04 bits per heavy atom. The first-order chi connectivity index (χ1) is 12.1. The number of amides is 2. The third-order valence-corrected chi connectivity index (χ3v) is 3.80. The number of aromatic nitrogens is 1. The molecule has 6 nitrogen and oxygen atoms in total. The Morgan fingerprint density at radius 3 is 2.80 bits per heavy atom. The van der Waals surface area contributed by atoms with E-state index in [1.165, 1.54) is 6.07 Å². The molecule has 0 aliphatic carbocycles. The average molecular weight is 348 g/mol. The van der Waals surface area contributed by atoms with Gasteiger partial charge in [-0.15, -0.1) is 0 Å². The Kier molecular flexibility index (Phi) is 5.39. The van der Waals surface area contributed by atoms with Crippen molar-refractivity contribution in [1.82, 2.24) is 10.3 Å². The number of benzene rings is 1. The molecule has 0 atom stereocenters. The van der Waals surface area contributed by atoms with Crippen LogP contribution in [0.25, 0.3) is 0 Å². The van der Waals surface area contributed by atoms with Crippen LogP contribution in [0.5, 0.6) is 0 Å². The lowest BCUT2D eigenvalue weighted by Crippen LogP contribution is -2.38. The van der Waals surface area contributed by atoms with Crippen LogP contribution in [0.4, 0.5) is 25.1 Å². The van der Waals surface area contributed by atoms with Gasteiger partial charge in [-0.2, -0.15) is 0 Å². The van der Waals surface area contributed by atoms with Crippen LogP contribution >= 0.6 is 0 Å². The molecule has 2 aromatic rings. The third kappa shape index (κ3) is 4.42. The van der Waals surface area contributed by atoms with Gasteiger partial charge in [0, 0.05) is 37.5 Å². The van der Waals surface area contributed by atoms with Gasteiger partial charge in [0.25, 0.3) is 0 Å². The molecule has 0 bridgehead atoms. The highest BCUT2D eigenvalue weighted by Gasteiger charge is 2.16. The van der Waals surface area contributed by atoms with E-state index in [1.807, 2.05) is 6.07 Å². The Morgan fingerprint density at radius 1 is 1.24 bits per heavy atom. The molecule has 2 amide bonds. The number of ether oxygens (including phenoxy) is 1. The first-order valence-corrected chi connectivity index (χ1v) is 7.90. The quantitative estimate of drug-likeness (QED) is 0.891. The lowest BCUT2D eigenvalue weighted by Gasteiger charge is -2.29. The van der Waals surface area contributed by atoms with E-state index in [1.54, 1.807) is 12.3 Å². The van der Waals surface area contributed by atoms with Crippen molar-refractivity contribution in [1.29, 1.82) is 0 Å². The van der Waals surface area contributed by atoms with Gasteiger partial charge < -0.3 is 20.3 Å². The van der Waals surface area contributed by atoms with Gasteiger partial charge in [-0.25, -0.2) is 18.6 Å². The number of nitrogens with zero attached hydrogens (tertiary/aromatic N) is 2. The van der Waals surface area contributed by atoms with E-state index >= 15 is 0 Å². The molecule has 0 spiro atoms. The number of pyridine rings is 1. The molecule has 1 aliphatic rings. The van der Waals surface area contributed by atoms with Gasteiger partial charge in [0.15, 0.2) is 0 Å². The zero-order chi connectivity index (χ0) is 17.6. The van der Waals surface area contributed by atoms with E-state index in [4.69, 9.17) is 4.74 Å². The largest absolute Gasteiger partial charge is 0.378 e. The van der Waals surface area contributed by atoms with E-state index in [-0.39, 0.29) is 12.2 Å². The summed E-state index contributed by atoms with van der Waals surface area (Å²) < 4.78 is 31.8. The summed E-state index contributed by atoms with van der Waals surface area (Å²) in [5, 5.41) is 5.02. The van der Waals surface area contributed by atoms with Crippen LogP contribution in [0, 0.1) is 11.6 Å². The van der Waals surface area contributed by atoms with Crippen molar-refractivity contribution in [3.05, 3.63) is 53.7 Å². The molecule has 0 unspecified atom stereocenters. The fraction of sp³-hybridized carbons (Fsp3) is 0.294. The predicted octanol–water partition coefficient (Wildman–Crippen LogP) is 2.52. The monoisotopic (exact) mass is 348 g/mol. The maximum atomic E-state index is 13.6. The first-order valence-electron chi connectivity index (χ1n) is 7.90. The number of halogens is 2. The van der Waals surface area contributed by atoms with Crippen molar-refractivity contribution >= 4 is 17.5 Å². The van der Waals surface area contributed by atoms with Gasteiger partial charge >= 0.3 is 6.03 Å². The van der Waals surface area contributed by atoms with Crippen LogP contribution in [0.15, 0.2) is 36.5 Å². The van der Waals surface area contributed by atoms with Gasteiger partial charge in [0.2, 0.25) is 0 Å². The summed E-state index contributed by atoms with van der Waals surface area (Å²) in [4.78, 5) is 18.5. The number of carbonyl (C=O) groups is 1. The summed E-state index contributed by atoms with van der Waals surface area (Å²) in [6.07, 6.45) is 1.70. The molecular formula is C17H18F2N4O2. The molecule has 0 radical (unpaired) electrons. The highest BCUT2D eigenvalue weighted by molar-refractivity contribution is 5.89. The number of anilines is 2. The lowest BCUT2D eigenvalue weighted by molar-refractivity contribution is 0.122. The van der Waals surface area contributed by atoms with E-state index in [0.717, 1.165) is 30.5 Å². The van der Waals surface area contributed by atoms with Crippen LogP contribution in [0.3, 0.4) is 0 Å². The summed E-state index contributed by atoms with van der Waals surface area (Å²) in [5.41, 5.74) is 0.762. The number of hydrogen-bond acceptors (Lipinski definition) is 4. The second-order valence-corrected chi connectivity index (χ2v) is 5.52. The Balaban J connectivity index is 1.62. The molecule has 8 heteroatoms. The van der Waals surface area contributed by atoms with Gasteiger partial charge in [-0.05, 0) is 18.2 Å². The van der Waals surface area contributed by atoms with Crippen molar-refractivity contribution in [2.24, 2.45) is 0 Å². The van der Waals surface area contributed by atoms with Gasteiger partial charge in [0.05, 0.1) is 18.9 Å². The molecule has 1 saturated heterocycles. The zero-order valence-corrected chi connectivity index (χ0v) is 13.5.